The zero-order valence-electron chi connectivity index (χ0n) is 17.7. The first-order chi connectivity index (χ1) is 15.8. The third kappa shape index (κ3) is 4.42. The number of nitrogens with zero attached hydrogens (tertiary/aromatic N) is 2. The quantitative estimate of drug-likeness (QED) is 0.383. The van der Waals surface area contributed by atoms with Crippen molar-refractivity contribution >= 4 is 34.3 Å². The minimum Gasteiger partial charge on any atom is -0.442 e. The molecule has 0 aliphatic heterocycles. The average molecular weight is 428 g/mol. The van der Waals surface area contributed by atoms with Gasteiger partial charge >= 0.3 is 6.03 Å². The Morgan fingerprint density at radius 1 is 0.906 bits per heavy atom. The largest absolute Gasteiger partial charge is 0.442 e. The number of rotatable bonds is 6. The van der Waals surface area contributed by atoms with E-state index >= 15 is 0 Å². The minimum absolute atomic E-state index is 0.262. The Hall–Kier alpha value is -3.87. The Morgan fingerprint density at radius 3 is 2.47 bits per heavy atom. The maximum absolute atomic E-state index is 12.1. The fourth-order valence-corrected chi connectivity index (χ4v) is 4.12. The molecule has 0 atom stereocenters. The lowest BCUT2D eigenvalue weighted by atomic mass is 9.96. The number of furan rings is 1. The van der Waals surface area contributed by atoms with E-state index in [0.717, 1.165) is 54.1 Å². The molecule has 2 aromatic heterocycles. The number of carbonyl (C=O) groups is 1. The van der Waals surface area contributed by atoms with Crippen LogP contribution < -0.4 is 16.0 Å². The first kappa shape index (κ1) is 20.1. The highest BCUT2D eigenvalue weighted by Gasteiger charge is 2.21. The molecule has 2 amide bonds. The summed E-state index contributed by atoms with van der Waals surface area (Å²) in [6, 6.07) is 17.0. The lowest BCUT2D eigenvalue weighted by molar-refractivity contribution is 0.262. The number of anilines is 3. The van der Waals surface area contributed by atoms with Crippen LogP contribution in [0.3, 0.4) is 0 Å². The summed E-state index contributed by atoms with van der Waals surface area (Å²) in [5.74, 6) is 1.91. The molecule has 0 unspecified atom stereocenters. The second-order valence-corrected chi connectivity index (χ2v) is 7.93. The summed E-state index contributed by atoms with van der Waals surface area (Å²) in [5.41, 5.74) is 4.62. The van der Waals surface area contributed by atoms with Crippen molar-refractivity contribution in [3.05, 3.63) is 77.8 Å². The number of amides is 2. The summed E-state index contributed by atoms with van der Waals surface area (Å²) in [7, 11) is 0. The number of para-hydroxylation sites is 1. The van der Waals surface area contributed by atoms with Gasteiger partial charge in [-0.2, -0.15) is 0 Å². The van der Waals surface area contributed by atoms with Crippen LogP contribution in [0.25, 0.3) is 11.1 Å². The molecule has 2 aromatic carbocycles. The van der Waals surface area contributed by atoms with E-state index in [2.05, 4.69) is 25.9 Å². The van der Waals surface area contributed by atoms with Crippen molar-refractivity contribution in [2.75, 3.05) is 22.5 Å². The number of nitrogens with one attached hydrogen (secondary N) is 3. The highest BCUT2D eigenvalue weighted by molar-refractivity contribution is 5.99. The zero-order valence-corrected chi connectivity index (χ0v) is 17.7. The number of hydrogen-bond donors (Lipinski definition) is 3. The van der Waals surface area contributed by atoms with E-state index < -0.39 is 0 Å². The zero-order chi connectivity index (χ0) is 21.8. The number of aryl methyl sites for hydroxylation is 2. The number of carbonyl (C=O) groups excluding carboxylic acids is 1. The normalized spacial score (nSPS) is 12.9. The highest BCUT2D eigenvalue weighted by Crippen LogP contribution is 2.34. The first-order valence-electron chi connectivity index (χ1n) is 11.0. The van der Waals surface area contributed by atoms with Gasteiger partial charge in [-0.05, 0) is 55.5 Å². The Bertz CT molecular complexity index is 1220. The molecular weight excluding hydrogens is 402 g/mol. The predicted octanol–water partition coefficient (Wildman–Crippen LogP) is 5.40. The smallest absolute Gasteiger partial charge is 0.323 e. The molecule has 0 radical (unpaired) electrons. The van der Waals surface area contributed by atoms with Crippen LogP contribution in [0.5, 0.6) is 0 Å². The summed E-state index contributed by atoms with van der Waals surface area (Å²) in [5, 5.41) is 10.2. The van der Waals surface area contributed by atoms with Crippen LogP contribution in [0.1, 0.15) is 29.7 Å². The van der Waals surface area contributed by atoms with Crippen molar-refractivity contribution in [1.29, 1.82) is 0 Å². The van der Waals surface area contributed by atoms with Crippen LogP contribution in [0.15, 0.2) is 65.3 Å². The van der Waals surface area contributed by atoms with Gasteiger partial charge in [-0.1, -0.05) is 30.3 Å². The van der Waals surface area contributed by atoms with Crippen LogP contribution in [-0.4, -0.2) is 22.5 Å². The van der Waals surface area contributed by atoms with Gasteiger partial charge in [0, 0.05) is 29.9 Å². The standard InChI is InChI=1S/C25H25N5O2/c31-25(29-18-6-2-1-3-7-18)30-19-12-10-17(11-13-19)14-15-26-23-22-20-8-4-5-9-21(20)32-24(22)28-16-27-23/h1-3,6-7,10-13,16H,4-5,8-9,14-15H2,(H,26,27,28)(H2,29,30,31). The highest BCUT2D eigenvalue weighted by atomic mass is 16.3. The molecule has 7 nitrogen and oxygen atoms in total. The predicted molar refractivity (Wildman–Crippen MR) is 126 cm³/mol. The second kappa shape index (κ2) is 9.09. The number of hydrogen-bond acceptors (Lipinski definition) is 5. The van der Waals surface area contributed by atoms with Crippen molar-refractivity contribution in [2.45, 2.75) is 32.1 Å². The molecule has 3 N–H and O–H groups in total. The van der Waals surface area contributed by atoms with Crippen LogP contribution in [0.2, 0.25) is 0 Å². The summed E-state index contributed by atoms with van der Waals surface area (Å²) in [4.78, 5) is 20.9. The molecule has 4 aromatic rings. The fraction of sp³-hybridized carbons (Fsp3) is 0.240. The molecule has 0 saturated carbocycles. The second-order valence-electron chi connectivity index (χ2n) is 7.93. The van der Waals surface area contributed by atoms with Crippen LogP contribution in [0, 0.1) is 0 Å². The lowest BCUT2D eigenvalue weighted by Crippen LogP contribution is -2.19. The first-order valence-corrected chi connectivity index (χ1v) is 11.0. The van der Waals surface area contributed by atoms with Gasteiger partial charge < -0.3 is 20.4 Å². The molecule has 0 fully saturated rings. The van der Waals surface area contributed by atoms with Gasteiger partial charge in [0.1, 0.15) is 17.9 Å². The van der Waals surface area contributed by atoms with Gasteiger partial charge in [0.05, 0.1) is 5.39 Å². The van der Waals surface area contributed by atoms with E-state index in [-0.39, 0.29) is 6.03 Å². The third-order valence-electron chi connectivity index (χ3n) is 5.70. The van der Waals surface area contributed by atoms with Crippen LogP contribution in [-0.2, 0) is 19.3 Å². The summed E-state index contributed by atoms with van der Waals surface area (Å²) in [6.45, 7) is 0.743. The van der Waals surface area contributed by atoms with Gasteiger partial charge in [-0.15, -0.1) is 0 Å². The van der Waals surface area contributed by atoms with Crippen LogP contribution in [0.4, 0.5) is 22.0 Å². The molecule has 7 heteroatoms. The molecule has 1 aliphatic carbocycles. The number of urea groups is 1. The molecule has 32 heavy (non-hydrogen) atoms. The lowest BCUT2D eigenvalue weighted by Gasteiger charge is -2.11. The molecule has 0 bridgehead atoms. The van der Waals surface area contributed by atoms with Crippen molar-refractivity contribution in [3.63, 3.8) is 0 Å². The van der Waals surface area contributed by atoms with E-state index in [1.165, 1.54) is 24.0 Å². The average Bonchev–Trinajstić information content (AvgIpc) is 3.20. The van der Waals surface area contributed by atoms with Gasteiger partial charge in [0.2, 0.25) is 5.71 Å². The monoisotopic (exact) mass is 427 g/mol. The number of aromatic nitrogens is 2. The SMILES string of the molecule is O=C(Nc1ccccc1)Nc1ccc(CCNc2ncnc3oc4c(c23)CCCC4)cc1. The van der Waals surface area contributed by atoms with E-state index in [0.29, 0.717) is 5.71 Å². The fourth-order valence-electron chi connectivity index (χ4n) is 4.12. The van der Waals surface area contributed by atoms with Gasteiger partial charge in [0.25, 0.3) is 0 Å². The van der Waals surface area contributed by atoms with E-state index in [4.69, 9.17) is 4.42 Å². The maximum Gasteiger partial charge on any atom is 0.323 e. The molecule has 0 spiro atoms. The maximum atomic E-state index is 12.1. The summed E-state index contributed by atoms with van der Waals surface area (Å²) in [6.07, 6.45) is 6.75. The Kier molecular flexibility index (Phi) is 5.70. The van der Waals surface area contributed by atoms with Gasteiger partial charge in [-0.3, -0.25) is 0 Å². The van der Waals surface area contributed by atoms with Crippen LogP contribution >= 0.6 is 0 Å². The molecule has 162 valence electrons. The Balaban J connectivity index is 1.17. The summed E-state index contributed by atoms with van der Waals surface area (Å²) < 4.78 is 5.95. The van der Waals surface area contributed by atoms with E-state index in [1.807, 2.05) is 54.6 Å². The topological polar surface area (TPSA) is 92.1 Å². The Labute approximate surface area is 186 Å². The number of fused-ring (bicyclic) bond motifs is 3. The van der Waals surface area contributed by atoms with Crippen molar-refractivity contribution in [1.82, 2.24) is 9.97 Å². The third-order valence-corrected chi connectivity index (χ3v) is 5.70. The van der Waals surface area contributed by atoms with Crippen molar-refractivity contribution < 1.29 is 9.21 Å². The molecule has 5 rings (SSSR count). The van der Waals surface area contributed by atoms with E-state index in [9.17, 15) is 4.79 Å². The van der Waals surface area contributed by atoms with Crippen molar-refractivity contribution in [2.24, 2.45) is 0 Å². The molecule has 1 aliphatic rings. The number of benzene rings is 2. The van der Waals surface area contributed by atoms with Crippen molar-refractivity contribution in [3.8, 4) is 0 Å². The summed E-state index contributed by atoms with van der Waals surface area (Å²) >= 11 is 0. The molecular formula is C25H25N5O2. The van der Waals surface area contributed by atoms with Gasteiger partial charge in [-0.25, -0.2) is 14.8 Å². The molecule has 2 heterocycles. The van der Waals surface area contributed by atoms with E-state index in [1.54, 1.807) is 6.33 Å². The molecule has 0 saturated heterocycles. The minimum atomic E-state index is -0.262. The van der Waals surface area contributed by atoms with Gasteiger partial charge in [0.15, 0.2) is 0 Å². The Morgan fingerprint density at radius 2 is 1.66 bits per heavy atom.